The van der Waals surface area contributed by atoms with Crippen molar-refractivity contribution in [2.24, 2.45) is 0 Å². The minimum atomic E-state index is -5.47. The van der Waals surface area contributed by atoms with Gasteiger partial charge in [-0.3, -0.25) is 0 Å². The molecule has 0 aromatic heterocycles. The summed E-state index contributed by atoms with van der Waals surface area (Å²) in [6.07, 6.45) is 3.49. The number of rotatable bonds is 5. The van der Waals surface area contributed by atoms with Gasteiger partial charge in [-0.1, -0.05) is 72.8 Å². The van der Waals surface area contributed by atoms with Gasteiger partial charge in [-0.15, -0.1) is 0 Å². The van der Waals surface area contributed by atoms with Crippen molar-refractivity contribution in [3.05, 3.63) is 162 Å². The predicted octanol–water partition coefficient (Wildman–Crippen LogP) is -0.0456. The molecule has 0 N–H and O–H groups in total. The number of carbonyl (C=O) groups excluding carboxylic acids is 1. The topological polar surface area (TPSA) is 122 Å². The van der Waals surface area contributed by atoms with Crippen molar-refractivity contribution in [2.75, 3.05) is 6.61 Å². The Morgan fingerprint density at radius 2 is 0.815 bits per heavy atom. The first-order valence-electron chi connectivity index (χ1n) is 18.5. The zero-order chi connectivity index (χ0) is 34.5. The maximum atomic E-state index is 12.7. The number of carboxylic acid groups (broad SMARTS) is 1. The van der Waals surface area contributed by atoms with Crippen LogP contribution in [-0.4, -0.2) is 12.6 Å². The van der Waals surface area contributed by atoms with Gasteiger partial charge in [-0.2, -0.15) is 0 Å². The van der Waals surface area contributed by atoms with Gasteiger partial charge in [0, 0.05) is 69.6 Å². The standard InChI is InChI=1S/C44H33O7P.2Na/c45-38(46)17-50-43-39-34-15-36(32-13-28-24-9-22(26(28)11-30(32)34)18-5-1-3-7-20(18)24)41(39)44(51-52(47,48)49)42-37-16-35(40(42)43)31-12-27-23-10-25(29(27)14-33(31)37)21-8-4-2-6-19(21)23;;/h1-8,11-14,22-25,34-37H,9-10,15-17H2,(H,45,46)(H2,47,48,49);;/q;2*+1/p-3. The summed E-state index contributed by atoms with van der Waals surface area (Å²) < 4.78 is 24.6. The SMILES string of the molecule is O=C([O-])COc1c2c(c(OP(=O)([O-])[O-])c3c1C1CC3c3cc4c(cc31)C1CC4c3ccccc31)C1CC2c2cc3c(cc21)C1CC3c2ccccc21.[Na+].[Na+]. The van der Waals surface area contributed by atoms with E-state index in [1.165, 1.54) is 55.6 Å². The molecule has 8 aliphatic carbocycles. The van der Waals surface area contributed by atoms with Crippen LogP contribution in [0.3, 0.4) is 0 Å². The predicted molar refractivity (Wildman–Crippen MR) is 184 cm³/mol. The summed E-state index contributed by atoms with van der Waals surface area (Å²) in [5.74, 6) is 0.0418. The third-order valence-electron chi connectivity index (χ3n) is 14.5. The van der Waals surface area contributed by atoms with Gasteiger partial charge in [0.2, 0.25) is 0 Å². The minimum absolute atomic E-state index is 0. The van der Waals surface area contributed by atoms with E-state index in [4.69, 9.17) is 9.26 Å². The fourth-order valence-corrected chi connectivity index (χ4v) is 13.4. The summed E-state index contributed by atoms with van der Waals surface area (Å²) in [5.41, 5.74) is 18.6. The Labute approximate surface area is 356 Å². The molecule has 0 spiro atoms. The molecule has 0 saturated heterocycles. The Morgan fingerprint density at radius 1 is 0.519 bits per heavy atom. The van der Waals surface area contributed by atoms with Crippen LogP contribution in [0.5, 0.6) is 11.5 Å². The van der Waals surface area contributed by atoms with Gasteiger partial charge in [-0.05, 0) is 92.4 Å². The Bertz CT molecular complexity index is 2470. The molecule has 256 valence electrons. The van der Waals surface area contributed by atoms with Crippen molar-refractivity contribution in [3.63, 3.8) is 0 Å². The average Bonchev–Trinajstić information content (AvgIpc) is 4.00. The van der Waals surface area contributed by atoms with Crippen LogP contribution in [0.2, 0.25) is 0 Å². The Kier molecular flexibility index (Phi) is 7.34. The molecule has 8 bridgehead atoms. The summed E-state index contributed by atoms with van der Waals surface area (Å²) >= 11 is 0. The van der Waals surface area contributed by atoms with Crippen LogP contribution < -0.4 is 83.3 Å². The van der Waals surface area contributed by atoms with E-state index in [-0.39, 0.29) is 88.5 Å². The van der Waals surface area contributed by atoms with Crippen LogP contribution in [0.1, 0.15) is 162 Å². The minimum Gasteiger partial charge on any atom is -0.780 e. The molecule has 54 heavy (non-hydrogen) atoms. The van der Waals surface area contributed by atoms with Gasteiger partial charge in [0.1, 0.15) is 25.9 Å². The molecule has 5 aromatic rings. The van der Waals surface area contributed by atoms with E-state index in [0.717, 1.165) is 35.1 Å². The normalized spacial score (nSPS) is 27.5. The quantitative estimate of drug-likeness (QED) is 0.183. The van der Waals surface area contributed by atoms with Gasteiger partial charge in [0.25, 0.3) is 0 Å². The average molecular weight is 748 g/mol. The Balaban J connectivity index is 0.00000171. The van der Waals surface area contributed by atoms with Gasteiger partial charge < -0.3 is 33.5 Å². The fourth-order valence-electron chi connectivity index (χ4n) is 12.9. The van der Waals surface area contributed by atoms with Gasteiger partial charge in [0.15, 0.2) is 0 Å². The molecular weight excluding hydrogens is 717 g/mol. The number of ether oxygens (including phenoxy) is 1. The second-order valence-corrected chi connectivity index (χ2v) is 17.4. The number of benzene rings is 5. The summed E-state index contributed by atoms with van der Waals surface area (Å²) in [6.45, 7) is -0.620. The zero-order valence-electron chi connectivity index (χ0n) is 29.9. The third-order valence-corrected chi connectivity index (χ3v) is 14.9. The van der Waals surface area contributed by atoms with Crippen LogP contribution >= 0.6 is 7.82 Å². The molecule has 5 aromatic carbocycles. The number of phosphoric ester groups is 1. The maximum absolute atomic E-state index is 12.7. The molecule has 0 saturated carbocycles. The Morgan fingerprint density at radius 3 is 1.13 bits per heavy atom. The second-order valence-electron chi connectivity index (χ2n) is 16.4. The monoisotopic (exact) mass is 747 g/mol. The van der Waals surface area contributed by atoms with Crippen LogP contribution in [0, 0.1) is 0 Å². The first-order chi connectivity index (χ1) is 25.2. The number of hydrogen-bond donors (Lipinski definition) is 0. The van der Waals surface area contributed by atoms with Crippen LogP contribution in [0.25, 0.3) is 0 Å². The maximum Gasteiger partial charge on any atom is 1.00 e. The van der Waals surface area contributed by atoms with E-state index in [0.29, 0.717) is 53.4 Å². The van der Waals surface area contributed by atoms with Gasteiger partial charge in [-0.25, -0.2) is 0 Å². The molecule has 0 aliphatic heterocycles. The molecular formula is C44H30Na2O7P-. The van der Waals surface area contributed by atoms with Crippen molar-refractivity contribution < 1.29 is 92.6 Å². The first-order valence-corrected chi connectivity index (χ1v) is 20.0. The largest absolute Gasteiger partial charge is 1.00 e. The van der Waals surface area contributed by atoms with E-state index < -0.39 is 20.4 Å². The van der Waals surface area contributed by atoms with E-state index >= 15 is 0 Å². The van der Waals surface area contributed by atoms with E-state index in [1.807, 2.05) is 0 Å². The molecule has 0 amide bonds. The van der Waals surface area contributed by atoms with Crippen molar-refractivity contribution in [3.8, 4) is 11.5 Å². The molecule has 8 aliphatic rings. The third kappa shape index (κ3) is 4.21. The van der Waals surface area contributed by atoms with Crippen LogP contribution in [0.4, 0.5) is 0 Å². The summed E-state index contributed by atoms with van der Waals surface area (Å²) in [4.78, 5) is 37.3. The summed E-state index contributed by atoms with van der Waals surface area (Å²) in [5, 5.41) is 12.0. The van der Waals surface area contributed by atoms with Crippen LogP contribution in [-0.2, 0) is 9.36 Å². The number of carboxylic acids is 1. The summed E-state index contributed by atoms with van der Waals surface area (Å²) in [6, 6.07) is 26.8. The van der Waals surface area contributed by atoms with Crippen molar-refractivity contribution in [1.82, 2.24) is 0 Å². The van der Waals surface area contributed by atoms with Crippen molar-refractivity contribution in [1.29, 1.82) is 0 Å². The molecule has 0 radical (unpaired) electrons. The zero-order valence-corrected chi connectivity index (χ0v) is 34.8. The van der Waals surface area contributed by atoms with E-state index in [2.05, 4.69) is 72.8 Å². The van der Waals surface area contributed by atoms with Crippen molar-refractivity contribution >= 4 is 13.8 Å². The van der Waals surface area contributed by atoms with Gasteiger partial charge >= 0.3 is 59.1 Å². The van der Waals surface area contributed by atoms with E-state index in [9.17, 15) is 24.3 Å². The molecule has 8 atom stereocenters. The summed E-state index contributed by atoms with van der Waals surface area (Å²) in [7, 11) is -5.47. The van der Waals surface area contributed by atoms with E-state index in [1.54, 1.807) is 0 Å². The number of hydrogen-bond acceptors (Lipinski definition) is 7. The molecule has 10 heteroatoms. The first kappa shape index (κ1) is 34.6. The number of carbonyl (C=O) groups is 1. The smallest absolute Gasteiger partial charge is 0.780 e. The second kappa shape index (κ2) is 11.5. The fraction of sp³-hybridized carbons (Fsp3) is 0.295. The number of aliphatic carboxylic acids is 1. The van der Waals surface area contributed by atoms with Gasteiger partial charge in [0.05, 0.1) is 5.97 Å². The molecule has 0 heterocycles. The molecule has 0 fully saturated rings. The Hall–Kier alpha value is -2.68. The molecule has 13 rings (SSSR count). The molecule has 8 unspecified atom stereocenters. The van der Waals surface area contributed by atoms with Crippen LogP contribution in [0.15, 0.2) is 72.8 Å². The number of phosphoric acid groups is 1. The molecule has 7 nitrogen and oxygen atoms in total. The number of fused-ring (bicyclic) bond motifs is 32. The van der Waals surface area contributed by atoms with Crippen molar-refractivity contribution in [2.45, 2.75) is 73.0 Å².